The molecule has 1 spiro atoms. The number of nitrogens with zero attached hydrogens (tertiary/aromatic N) is 3. The van der Waals surface area contributed by atoms with Crippen molar-refractivity contribution in [2.75, 3.05) is 19.7 Å². The van der Waals surface area contributed by atoms with Crippen LogP contribution in [-0.4, -0.2) is 40.0 Å². The third kappa shape index (κ3) is 2.91. The van der Waals surface area contributed by atoms with E-state index >= 15 is 0 Å². The van der Waals surface area contributed by atoms with Gasteiger partial charge in [0.05, 0.1) is 18.4 Å². The Kier molecular flexibility index (Phi) is 3.87. The predicted molar refractivity (Wildman–Crippen MR) is 79.3 cm³/mol. The standard InChI is InChI=1S/C16H27N3O/c1-13(2)15-8-16(20-12-15)4-6-19(7-5-16)11-14-9-17-18(3)10-14/h9-10,13,15H,4-8,11-12H2,1-3H3. The largest absolute Gasteiger partial charge is 0.375 e. The number of aromatic nitrogens is 2. The van der Waals surface area contributed by atoms with Crippen molar-refractivity contribution in [2.24, 2.45) is 18.9 Å². The van der Waals surface area contributed by atoms with E-state index in [-0.39, 0.29) is 5.60 Å². The molecule has 1 atom stereocenters. The minimum absolute atomic E-state index is 0.195. The lowest BCUT2D eigenvalue weighted by molar-refractivity contribution is -0.0452. The van der Waals surface area contributed by atoms with Crippen LogP contribution in [0.15, 0.2) is 12.4 Å². The highest BCUT2D eigenvalue weighted by atomic mass is 16.5. The molecule has 0 bridgehead atoms. The van der Waals surface area contributed by atoms with E-state index in [1.54, 1.807) is 0 Å². The lowest BCUT2D eigenvalue weighted by atomic mass is 9.82. The van der Waals surface area contributed by atoms with E-state index in [0.717, 1.165) is 38.1 Å². The van der Waals surface area contributed by atoms with Gasteiger partial charge in [0.2, 0.25) is 0 Å². The molecule has 0 saturated carbocycles. The minimum Gasteiger partial charge on any atom is -0.375 e. The van der Waals surface area contributed by atoms with Gasteiger partial charge in [0.25, 0.3) is 0 Å². The molecule has 1 unspecified atom stereocenters. The van der Waals surface area contributed by atoms with Crippen molar-refractivity contribution in [3.8, 4) is 0 Å². The van der Waals surface area contributed by atoms with Crippen molar-refractivity contribution in [3.05, 3.63) is 18.0 Å². The Labute approximate surface area is 122 Å². The second kappa shape index (κ2) is 5.49. The molecule has 0 radical (unpaired) electrons. The van der Waals surface area contributed by atoms with E-state index in [9.17, 15) is 0 Å². The van der Waals surface area contributed by atoms with Gasteiger partial charge in [-0.3, -0.25) is 9.58 Å². The molecule has 0 N–H and O–H groups in total. The van der Waals surface area contributed by atoms with Crippen molar-refractivity contribution < 1.29 is 4.74 Å². The van der Waals surface area contributed by atoms with Gasteiger partial charge in [-0.15, -0.1) is 0 Å². The van der Waals surface area contributed by atoms with E-state index in [1.165, 1.54) is 24.8 Å². The summed E-state index contributed by atoms with van der Waals surface area (Å²) in [5.41, 5.74) is 1.51. The molecule has 2 saturated heterocycles. The summed E-state index contributed by atoms with van der Waals surface area (Å²) in [6.07, 6.45) is 7.74. The first-order chi connectivity index (χ1) is 9.56. The van der Waals surface area contributed by atoms with Crippen LogP contribution in [0.5, 0.6) is 0 Å². The van der Waals surface area contributed by atoms with Gasteiger partial charge in [0, 0.05) is 38.4 Å². The number of piperidine rings is 1. The lowest BCUT2D eigenvalue weighted by Crippen LogP contribution is -2.43. The molecule has 2 fully saturated rings. The fourth-order valence-corrected chi connectivity index (χ4v) is 3.59. The second-order valence-corrected chi connectivity index (χ2v) is 7.00. The van der Waals surface area contributed by atoms with Crippen LogP contribution >= 0.6 is 0 Å². The fourth-order valence-electron chi connectivity index (χ4n) is 3.59. The summed E-state index contributed by atoms with van der Waals surface area (Å²) in [4.78, 5) is 2.54. The molecule has 20 heavy (non-hydrogen) atoms. The molecule has 0 aromatic carbocycles. The van der Waals surface area contributed by atoms with Crippen molar-refractivity contribution in [1.29, 1.82) is 0 Å². The van der Waals surface area contributed by atoms with Gasteiger partial charge in [-0.05, 0) is 31.1 Å². The number of hydrogen-bond acceptors (Lipinski definition) is 3. The highest BCUT2D eigenvalue weighted by molar-refractivity contribution is 5.04. The monoisotopic (exact) mass is 277 g/mol. The van der Waals surface area contributed by atoms with Crippen molar-refractivity contribution in [1.82, 2.24) is 14.7 Å². The smallest absolute Gasteiger partial charge is 0.0710 e. The van der Waals surface area contributed by atoms with Crippen LogP contribution in [0.1, 0.15) is 38.7 Å². The highest BCUT2D eigenvalue weighted by Crippen LogP contribution is 2.41. The van der Waals surface area contributed by atoms with Gasteiger partial charge in [-0.1, -0.05) is 13.8 Å². The zero-order chi connectivity index (χ0) is 14.2. The van der Waals surface area contributed by atoms with Crippen molar-refractivity contribution in [2.45, 2.75) is 45.3 Å². The number of likely N-dealkylation sites (tertiary alicyclic amines) is 1. The van der Waals surface area contributed by atoms with Gasteiger partial charge in [-0.25, -0.2) is 0 Å². The molecule has 3 heterocycles. The summed E-state index contributed by atoms with van der Waals surface area (Å²) in [5, 5.41) is 4.25. The Hall–Kier alpha value is -0.870. The maximum atomic E-state index is 6.21. The summed E-state index contributed by atoms with van der Waals surface area (Å²) in [5.74, 6) is 1.52. The normalized spacial score (nSPS) is 26.7. The molecule has 4 nitrogen and oxygen atoms in total. The van der Waals surface area contributed by atoms with Crippen LogP contribution in [0.25, 0.3) is 0 Å². The molecule has 4 heteroatoms. The Morgan fingerprint density at radius 3 is 2.70 bits per heavy atom. The van der Waals surface area contributed by atoms with Crippen LogP contribution < -0.4 is 0 Å². The summed E-state index contributed by atoms with van der Waals surface area (Å²) in [6.45, 7) is 8.95. The Morgan fingerprint density at radius 1 is 1.40 bits per heavy atom. The summed E-state index contributed by atoms with van der Waals surface area (Å²) in [7, 11) is 1.98. The zero-order valence-corrected chi connectivity index (χ0v) is 13.0. The van der Waals surface area contributed by atoms with E-state index < -0.39 is 0 Å². The van der Waals surface area contributed by atoms with Gasteiger partial charge >= 0.3 is 0 Å². The molecule has 2 aliphatic heterocycles. The van der Waals surface area contributed by atoms with Crippen molar-refractivity contribution >= 4 is 0 Å². The van der Waals surface area contributed by atoms with Crippen LogP contribution in [0.3, 0.4) is 0 Å². The Morgan fingerprint density at radius 2 is 2.15 bits per heavy atom. The fraction of sp³-hybridized carbons (Fsp3) is 0.812. The number of hydrogen-bond donors (Lipinski definition) is 0. The zero-order valence-electron chi connectivity index (χ0n) is 13.0. The topological polar surface area (TPSA) is 30.3 Å². The number of rotatable bonds is 3. The van der Waals surface area contributed by atoms with Gasteiger partial charge in [-0.2, -0.15) is 5.10 Å². The summed E-state index contributed by atoms with van der Waals surface area (Å²) < 4.78 is 8.10. The third-order valence-electron chi connectivity index (χ3n) is 5.11. The number of ether oxygens (including phenoxy) is 1. The molecule has 3 rings (SSSR count). The predicted octanol–water partition coefficient (Wildman–Crippen LogP) is 2.45. The maximum Gasteiger partial charge on any atom is 0.0710 e. The van der Waals surface area contributed by atoms with Gasteiger partial charge < -0.3 is 4.74 Å². The van der Waals surface area contributed by atoms with Crippen LogP contribution in [0, 0.1) is 11.8 Å². The van der Waals surface area contributed by atoms with Gasteiger partial charge in [0.1, 0.15) is 0 Å². The average Bonchev–Trinajstić information content (AvgIpc) is 3.00. The van der Waals surface area contributed by atoms with Crippen LogP contribution in [0.2, 0.25) is 0 Å². The molecular formula is C16H27N3O. The molecule has 0 amide bonds. The molecule has 112 valence electrons. The molecular weight excluding hydrogens is 250 g/mol. The van der Waals surface area contributed by atoms with E-state index in [0.29, 0.717) is 0 Å². The van der Waals surface area contributed by atoms with E-state index in [1.807, 2.05) is 17.9 Å². The van der Waals surface area contributed by atoms with Crippen molar-refractivity contribution in [3.63, 3.8) is 0 Å². The summed E-state index contributed by atoms with van der Waals surface area (Å²) >= 11 is 0. The molecule has 1 aromatic heterocycles. The van der Waals surface area contributed by atoms with Crippen LogP contribution in [0.4, 0.5) is 0 Å². The van der Waals surface area contributed by atoms with E-state index in [4.69, 9.17) is 4.74 Å². The van der Waals surface area contributed by atoms with Crippen LogP contribution in [-0.2, 0) is 18.3 Å². The minimum atomic E-state index is 0.195. The quantitative estimate of drug-likeness (QED) is 0.850. The Balaban J connectivity index is 1.52. The Bertz CT molecular complexity index is 446. The first kappa shape index (κ1) is 14.1. The third-order valence-corrected chi connectivity index (χ3v) is 5.11. The van der Waals surface area contributed by atoms with E-state index in [2.05, 4.69) is 30.0 Å². The summed E-state index contributed by atoms with van der Waals surface area (Å²) in [6, 6.07) is 0. The van der Waals surface area contributed by atoms with Gasteiger partial charge in [0.15, 0.2) is 0 Å². The second-order valence-electron chi connectivity index (χ2n) is 7.00. The average molecular weight is 277 g/mol. The number of aryl methyl sites for hydroxylation is 1. The lowest BCUT2D eigenvalue weighted by Gasteiger charge is -2.38. The first-order valence-corrected chi connectivity index (χ1v) is 7.90. The molecule has 1 aromatic rings. The molecule has 0 aliphatic carbocycles. The SMILES string of the molecule is CC(C)C1COC2(CCN(Cc3cnn(C)c3)CC2)C1. The first-order valence-electron chi connectivity index (χ1n) is 7.90. The highest BCUT2D eigenvalue weighted by Gasteiger charge is 2.43. The molecule has 2 aliphatic rings. The maximum absolute atomic E-state index is 6.21.